The Hall–Kier alpha value is -1.58. The molecular formula is C16H17ClFNO. The second-order valence-corrected chi connectivity index (χ2v) is 5.03. The molecule has 0 aliphatic heterocycles. The predicted molar refractivity (Wildman–Crippen MR) is 79.7 cm³/mol. The van der Waals surface area contributed by atoms with Crippen LogP contribution in [-0.2, 0) is 13.2 Å². The zero-order valence-electron chi connectivity index (χ0n) is 11.5. The fraction of sp³-hybridized carbons (Fsp3) is 0.250. The first-order chi connectivity index (χ1) is 9.61. The van der Waals surface area contributed by atoms with Gasteiger partial charge in [0.05, 0.1) is 5.02 Å². The summed E-state index contributed by atoms with van der Waals surface area (Å²) in [7, 11) is 1.89. The zero-order chi connectivity index (χ0) is 14.5. The monoisotopic (exact) mass is 293 g/mol. The topological polar surface area (TPSA) is 21.3 Å². The molecule has 20 heavy (non-hydrogen) atoms. The van der Waals surface area contributed by atoms with Crippen molar-refractivity contribution in [2.45, 2.75) is 20.1 Å². The molecule has 0 aliphatic carbocycles. The second kappa shape index (κ2) is 6.73. The Kier molecular flexibility index (Phi) is 4.99. The van der Waals surface area contributed by atoms with Gasteiger partial charge in [-0.2, -0.15) is 0 Å². The Morgan fingerprint density at radius 3 is 2.70 bits per heavy atom. The molecule has 0 aliphatic rings. The summed E-state index contributed by atoms with van der Waals surface area (Å²) >= 11 is 6.00. The number of aryl methyl sites for hydroxylation is 1. The molecule has 2 aromatic carbocycles. The Bertz CT molecular complexity index is 601. The van der Waals surface area contributed by atoms with Gasteiger partial charge in [0, 0.05) is 17.7 Å². The number of hydrogen-bond donors (Lipinski definition) is 1. The van der Waals surface area contributed by atoms with Crippen molar-refractivity contribution in [1.29, 1.82) is 0 Å². The minimum Gasteiger partial charge on any atom is -0.488 e. The highest BCUT2D eigenvalue weighted by Crippen LogP contribution is 2.26. The van der Waals surface area contributed by atoms with Crippen molar-refractivity contribution in [2.24, 2.45) is 0 Å². The van der Waals surface area contributed by atoms with Gasteiger partial charge in [-0.15, -0.1) is 0 Å². The largest absolute Gasteiger partial charge is 0.488 e. The van der Waals surface area contributed by atoms with Crippen LogP contribution in [0.1, 0.15) is 16.7 Å². The average Bonchev–Trinajstić information content (AvgIpc) is 2.40. The summed E-state index contributed by atoms with van der Waals surface area (Å²) in [5.74, 6) is 0.507. The number of ether oxygens (including phenoxy) is 1. The molecule has 0 aromatic heterocycles. The first-order valence-corrected chi connectivity index (χ1v) is 6.79. The molecule has 0 bridgehead atoms. The van der Waals surface area contributed by atoms with E-state index >= 15 is 0 Å². The lowest BCUT2D eigenvalue weighted by molar-refractivity contribution is 0.300. The van der Waals surface area contributed by atoms with Gasteiger partial charge in [0.2, 0.25) is 0 Å². The van der Waals surface area contributed by atoms with Crippen LogP contribution in [0.3, 0.4) is 0 Å². The van der Waals surface area contributed by atoms with Crippen LogP contribution in [-0.4, -0.2) is 7.05 Å². The third kappa shape index (κ3) is 3.50. The molecule has 1 N–H and O–H groups in total. The van der Waals surface area contributed by atoms with E-state index in [9.17, 15) is 4.39 Å². The molecule has 0 saturated carbocycles. The number of hydrogen-bond acceptors (Lipinski definition) is 2. The van der Waals surface area contributed by atoms with Gasteiger partial charge in [0.1, 0.15) is 18.2 Å². The molecule has 0 radical (unpaired) electrons. The number of para-hydroxylation sites is 1. The minimum atomic E-state index is -0.342. The molecule has 0 unspecified atom stereocenters. The molecule has 2 rings (SSSR count). The van der Waals surface area contributed by atoms with Crippen LogP contribution in [0.25, 0.3) is 0 Å². The lowest BCUT2D eigenvalue weighted by atomic mass is 10.1. The maximum Gasteiger partial charge on any atom is 0.127 e. The molecule has 4 heteroatoms. The van der Waals surface area contributed by atoms with Crippen LogP contribution >= 0.6 is 11.6 Å². The first-order valence-electron chi connectivity index (χ1n) is 6.41. The highest BCUT2D eigenvalue weighted by Gasteiger charge is 2.08. The van der Waals surface area contributed by atoms with Crippen molar-refractivity contribution in [1.82, 2.24) is 5.32 Å². The molecule has 2 aromatic rings. The van der Waals surface area contributed by atoms with Gasteiger partial charge in [-0.3, -0.25) is 0 Å². The van der Waals surface area contributed by atoms with Crippen molar-refractivity contribution in [3.8, 4) is 5.75 Å². The van der Waals surface area contributed by atoms with E-state index in [1.54, 1.807) is 6.07 Å². The molecular weight excluding hydrogens is 277 g/mol. The van der Waals surface area contributed by atoms with Gasteiger partial charge in [-0.05, 0) is 31.7 Å². The van der Waals surface area contributed by atoms with Crippen molar-refractivity contribution in [3.63, 3.8) is 0 Å². The van der Waals surface area contributed by atoms with E-state index in [1.165, 1.54) is 12.1 Å². The highest BCUT2D eigenvalue weighted by atomic mass is 35.5. The number of rotatable bonds is 5. The lowest BCUT2D eigenvalue weighted by Crippen LogP contribution is -2.08. The average molecular weight is 294 g/mol. The van der Waals surface area contributed by atoms with Crippen LogP contribution in [0.15, 0.2) is 36.4 Å². The van der Waals surface area contributed by atoms with Crippen molar-refractivity contribution >= 4 is 11.6 Å². The SMILES string of the molecule is CNCc1cccc(C)c1OCc1ccc(F)cc1Cl. The van der Waals surface area contributed by atoms with E-state index in [-0.39, 0.29) is 5.82 Å². The maximum atomic E-state index is 13.0. The summed E-state index contributed by atoms with van der Waals surface area (Å²) in [5, 5.41) is 3.50. The Morgan fingerprint density at radius 1 is 1.20 bits per heavy atom. The minimum absolute atomic E-state index is 0.320. The zero-order valence-corrected chi connectivity index (χ0v) is 12.3. The number of benzene rings is 2. The van der Waals surface area contributed by atoms with Crippen LogP contribution in [0.5, 0.6) is 5.75 Å². The van der Waals surface area contributed by atoms with Gasteiger partial charge in [-0.25, -0.2) is 4.39 Å². The van der Waals surface area contributed by atoms with Crippen LogP contribution in [0.4, 0.5) is 4.39 Å². The van der Waals surface area contributed by atoms with E-state index in [0.29, 0.717) is 11.6 Å². The van der Waals surface area contributed by atoms with Crippen molar-refractivity contribution in [3.05, 3.63) is 63.9 Å². The van der Waals surface area contributed by atoms with Crippen LogP contribution < -0.4 is 10.1 Å². The summed E-state index contributed by atoms with van der Waals surface area (Å²) in [6.45, 7) is 3.05. The predicted octanol–water partition coefficient (Wildman–Crippen LogP) is 4.09. The summed E-state index contributed by atoms with van der Waals surface area (Å²) < 4.78 is 18.9. The molecule has 0 fully saturated rings. The third-order valence-corrected chi connectivity index (χ3v) is 3.40. The Morgan fingerprint density at radius 2 is 2.00 bits per heavy atom. The van der Waals surface area contributed by atoms with Crippen LogP contribution in [0.2, 0.25) is 5.02 Å². The Balaban J connectivity index is 2.18. The highest BCUT2D eigenvalue weighted by molar-refractivity contribution is 6.31. The van der Waals surface area contributed by atoms with Gasteiger partial charge >= 0.3 is 0 Å². The third-order valence-electron chi connectivity index (χ3n) is 3.05. The summed E-state index contributed by atoms with van der Waals surface area (Å²) in [6.07, 6.45) is 0. The normalized spacial score (nSPS) is 10.6. The number of halogens is 2. The lowest BCUT2D eigenvalue weighted by Gasteiger charge is -2.14. The smallest absolute Gasteiger partial charge is 0.127 e. The summed E-state index contributed by atoms with van der Waals surface area (Å²) in [4.78, 5) is 0. The number of nitrogens with one attached hydrogen (secondary N) is 1. The fourth-order valence-electron chi connectivity index (χ4n) is 2.04. The maximum absolute atomic E-state index is 13.0. The van der Waals surface area contributed by atoms with Gasteiger partial charge in [0.15, 0.2) is 0 Å². The molecule has 0 spiro atoms. The Labute approximate surface area is 123 Å². The van der Waals surface area contributed by atoms with E-state index in [0.717, 1.165) is 29.0 Å². The fourth-order valence-corrected chi connectivity index (χ4v) is 2.26. The van der Waals surface area contributed by atoms with E-state index in [4.69, 9.17) is 16.3 Å². The standard InChI is InChI=1S/C16H17ClFNO/c1-11-4-3-5-12(9-19-2)16(11)20-10-13-6-7-14(18)8-15(13)17/h3-8,19H,9-10H2,1-2H3. The molecule has 2 nitrogen and oxygen atoms in total. The molecule has 0 amide bonds. The van der Waals surface area contributed by atoms with Crippen LogP contribution in [0, 0.1) is 12.7 Å². The first kappa shape index (κ1) is 14.8. The van der Waals surface area contributed by atoms with Crippen molar-refractivity contribution < 1.29 is 9.13 Å². The van der Waals surface area contributed by atoms with Gasteiger partial charge in [-0.1, -0.05) is 35.9 Å². The molecule has 0 saturated heterocycles. The van der Waals surface area contributed by atoms with Gasteiger partial charge < -0.3 is 10.1 Å². The molecule has 0 atom stereocenters. The quantitative estimate of drug-likeness (QED) is 0.896. The van der Waals surface area contributed by atoms with E-state index in [1.807, 2.05) is 32.2 Å². The van der Waals surface area contributed by atoms with E-state index < -0.39 is 0 Å². The summed E-state index contributed by atoms with van der Waals surface area (Å²) in [6, 6.07) is 10.4. The van der Waals surface area contributed by atoms with Gasteiger partial charge in [0.25, 0.3) is 0 Å². The molecule has 0 heterocycles. The second-order valence-electron chi connectivity index (χ2n) is 4.62. The van der Waals surface area contributed by atoms with E-state index in [2.05, 4.69) is 5.32 Å². The molecule has 106 valence electrons. The van der Waals surface area contributed by atoms with Crippen molar-refractivity contribution in [2.75, 3.05) is 7.05 Å². The summed E-state index contributed by atoms with van der Waals surface area (Å²) in [5.41, 5.74) is 2.92.